The molecule has 0 fully saturated rings. The van der Waals surface area contributed by atoms with Crippen LogP contribution in [0.25, 0.3) is 11.1 Å². The average Bonchev–Trinajstić information content (AvgIpc) is 3.09. The number of carbonyl (C=O) groups excluding carboxylic acids is 1. The lowest BCUT2D eigenvalue weighted by atomic mass is 10.1. The minimum Gasteiger partial charge on any atom is -0.326 e. The number of anilines is 1. The van der Waals surface area contributed by atoms with Crippen LogP contribution in [0.1, 0.15) is 12.0 Å². The van der Waals surface area contributed by atoms with Crippen molar-refractivity contribution < 1.29 is 4.79 Å². The first-order chi connectivity index (χ1) is 11.2. The van der Waals surface area contributed by atoms with Gasteiger partial charge in [-0.2, -0.15) is 5.10 Å². The highest BCUT2D eigenvalue weighted by molar-refractivity contribution is 6.30. The van der Waals surface area contributed by atoms with Crippen molar-refractivity contribution in [2.45, 2.75) is 12.8 Å². The number of aromatic nitrogens is 2. The molecule has 1 heterocycles. The summed E-state index contributed by atoms with van der Waals surface area (Å²) in [6.45, 7) is 0. The van der Waals surface area contributed by atoms with Gasteiger partial charge in [0.25, 0.3) is 0 Å². The summed E-state index contributed by atoms with van der Waals surface area (Å²) in [5.41, 5.74) is 3.96. The molecule has 3 aromatic rings. The highest BCUT2D eigenvalue weighted by Gasteiger charge is 2.04. The summed E-state index contributed by atoms with van der Waals surface area (Å²) < 4.78 is 0. The van der Waals surface area contributed by atoms with Crippen LogP contribution in [0.5, 0.6) is 0 Å². The van der Waals surface area contributed by atoms with Crippen LogP contribution in [0.2, 0.25) is 5.02 Å². The van der Waals surface area contributed by atoms with E-state index in [-0.39, 0.29) is 5.91 Å². The topological polar surface area (TPSA) is 57.8 Å². The molecular formula is C18H16ClN3O. The van der Waals surface area contributed by atoms with E-state index in [1.54, 1.807) is 6.20 Å². The van der Waals surface area contributed by atoms with Gasteiger partial charge in [-0.25, -0.2) is 0 Å². The van der Waals surface area contributed by atoms with Crippen LogP contribution in [0.4, 0.5) is 5.69 Å². The Morgan fingerprint density at radius 1 is 1.04 bits per heavy atom. The fourth-order valence-electron chi connectivity index (χ4n) is 2.29. The Bertz CT molecular complexity index is 765. The molecule has 2 N–H and O–H groups in total. The number of benzene rings is 2. The van der Waals surface area contributed by atoms with Gasteiger partial charge in [0.2, 0.25) is 5.91 Å². The van der Waals surface area contributed by atoms with Crippen molar-refractivity contribution in [1.29, 1.82) is 0 Å². The van der Waals surface area contributed by atoms with Crippen molar-refractivity contribution in [3.8, 4) is 11.1 Å². The van der Waals surface area contributed by atoms with Gasteiger partial charge in [-0.15, -0.1) is 0 Å². The van der Waals surface area contributed by atoms with E-state index in [0.717, 1.165) is 22.4 Å². The summed E-state index contributed by atoms with van der Waals surface area (Å²) in [4.78, 5) is 12.0. The molecule has 3 rings (SSSR count). The van der Waals surface area contributed by atoms with Crippen LogP contribution in [0.15, 0.2) is 60.9 Å². The monoisotopic (exact) mass is 325 g/mol. The van der Waals surface area contributed by atoms with E-state index in [1.165, 1.54) is 0 Å². The van der Waals surface area contributed by atoms with E-state index >= 15 is 0 Å². The number of nitrogens with zero attached hydrogens (tertiary/aromatic N) is 1. The molecule has 116 valence electrons. The van der Waals surface area contributed by atoms with Crippen molar-refractivity contribution in [3.05, 3.63) is 71.5 Å². The van der Waals surface area contributed by atoms with Crippen molar-refractivity contribution in [2.75, 3.05) is 5.32 Å². The van der Waals surface area contributed by atoms with Crippen LogP contribution in [0.3, 0.4) is 0 Å². The number of halogens is 1. The second-order valence-electron chi connectivity index (χ2n) is 5.24. The number of hydrogen-bond acceptors (Lipinski definition) is 2. The lowest BCUT2D eigenvalue weighted by Gasteiger charge is -2.06. The van der Waals surface area contributed by atoms with Gasteiger partial charge in [-0.1, -0.05) is 35.9 Å². The van der Waals surface area contributed by atoms with Crippen molar-refractivity contribution in [3.63, 3.8) is 0 Å². The molecule has 0 aliphatic carbocycles. The van der Waals surface area contributed by atoms with Crippen LogP contribution >= 0.6 is 11.6 Å². The van der Waals surface area contributed by atoms with Crippen molar-refractivity contribution in [2.24, 2.45) is 0 Å². The lowest BCUT2D eigenvalue weighted by Crippen LogP contribution is -2.12. The van der Waals surface area contributed by atoms with Gasteiger partial charge in [-0.3, -0.25) is 9.89 Å². The summed E-state index contributed by atoms with van der Waals surface area (Å²) >= 11 is 5.85. The molecule has 0 atom stereocenters. The zero-order valence-electron chi connectivity index (χ0n) is 12.4. The van der Waals surface area contributed by atoms with Crippen LogP contribution < -0.4 is 5.32 Å². The van der Waals surface area contributed by atoms with E-state index in [4.69, 9.17) is 11.6 Å². The summed E-state index contributed by atoms with van der Waals surface area (Å²) in [6, 6.07) is 15.3. The first-order valence-corrected chi connectivity index (χ1v) is 7.72. The molecule has 0 aliphatic heterocycles. The van der Waals surface area contributed by atoms with Crippen LogP contribution in [-0.2, 0) is 11.2 Å². The van der Waals surface area contributed by atoms with Gasteiger partial charge in [0.05, 0.1) is 6.20 Å². The molecule has 5 heteroatoms. The van der Waals surface area contributed by atoms with Crippen molar-refractivity contribution >= 4 is 23.2 Å². The molecule has 1 amide bonds. The lowest BCUT2D eigenvalue weighted by molar-refractivity contribution is -0.116. The van der Waals surface area contributed by atoms with Gasteiger partial charge in [0.15, 0.2) is 0 Å². The molecular weight excluding hydrogens is 310 g/mol. The zero-order chi connectivity index (χ0) is 16.1. The number of rotatable bonds is 5. The molecule has 0 saturated carbocycles. The Kier molecular flexibility index (Phi) is 4.74. The maximum atomic E-state index is 12.0. The number of H-pyrrole nitrogens is 1. The third-order valence-corrected chi connectivity index (χ3v) is 3.81. The molecule has 0 aliphatic rings. The summed E-state index contributed by atoms with van der Waals surface area (Å²) in [6.07, 6.45) is 4.72. The fourth-order valence-corrected chi connectivity index (χ4v) is 2.41. The number of nitrogens with one attached hydrogen (secondary N) is 2. The molecule has 0 bridgehead atoms. The predicted molar refractivity (Wildman–Crippen MR) is 92.4 cm³/mol. The van der Waals surface area contributed by atoms with Crippen LogP contribution in [-0.4, -0.2) is 16.1 Å². The molecule has 0 saturated heterocycles. The Labute approximate surface area is 139 Å². The molecule has 23 heavy (non-hydrogen) atoms. The normalized spacial score (nSPS) is 10.5. The van der Waals surface area contributed by atoms with Gasteiger partial charge in [0, 0.05) is 28.9 Å². The Morgan fingerprint density at radius 2 is 1.78 bits per heavy atom. The van der Waals surface area contributed by atoms with Gasteiger partial charge in [0.1, 0.15) is 0 Å². The standard InChI is InChI=1S/C18H16ClN3O/c19-16-6-1-13(2-7-16)3-10-18(23)22-17-8-4-14(5-9-17)15-11-20-21-12-15/h1-2,4-9,11-12H,3,10H2,(H,20,21)(H,22,23). The van der Waals surface area contributed by atoms with Gasteiger partial charge >= 0.3 is 0 Å². The minimum atomic E-state index is -0.00369. The molecule has 0 radical (unpaired) electrons. The maximum Gasteiger partial charge on any atom is 0.224 e. The molecule has 4 nitrogen and oxygen atoms in total. The van der Waals surface area contributed by atoms with Crippen LogP contribution in [0, 0.1) is 0 Å². The second-order valence-corrected chi connectivity index (χ2v) is 5.68. The Morgan fingerprint density at radius 3 is 2.43 bits per heavy atom. The summed E-state index contributed by atoms with van der Waals surface area (Å²) in [7, 11) is 0. The average molecular weight is 326 g/mol. The molecule has 2 aromatic carbocycles. The Hall–Kier alpha value is -2.59. The largest absolute Gasteiger partial charge is 0.326 e. The maximum absolute atomic E-state index is 12.0. The highest BCUT2D eigenvalue weighted by atomic mass is 35.5. The Balaban J connectivity index is 1.54. The van der Waals surface area contributed by atoms with Gasteiger partial charge in [-0.05, 0) is 41.8 Å². The molecule has 1 aromatic heterocycles. The van der Waals surface area contributed by atoms with E-state index < -0.39 is 0 Å². The summed E-state index contributed by atoms with van der Waals surface area (Å²) in [5.74, 6) is -0.00369. The number of hydrogen-bond donors (Lipinski definition) is 2. The first-order valence-electron chi connectivity index (χ1n) is 7.34. The second kappa shape index (κ2) is 7.11. The fraction of sp³-hybridized carbons (Fsp3) is 0.111. The van der Waals surface area contributed by atoms with E-state index in [1.807, 2.05) is 54.7 Å². The van der Waals surface area contributed by atoms with E-state index in [0.29, 0.717) is 17.9 Å². The van der Waals surface area contributed by atoms with Gasteiger partial charge < -0.3 is 5.32 Å². The smallest absolute Gasteiger partial charge is 0.224 e. The quantitative estimate of drug-likeness (QED) is 0.734. The third-order valence-electron chi connectivity index (χ3n) is 3.55. The van der Waals surface area contributed by atoms with E-state index in [2.05, 4.69) is 15.5 Å². The van der Waals surface area contributed by atoms with Crippen molar-refractivity contribution in [1.82, 2.24) is 10.2 Å². The third kappa shape index (κ3) is 4.20. The SMILES string of the molecule is O=C(CCc1ccc(Cl)cc1)Nc1ccc(-c2cn[nH]c2)cc1. The number of carbonyl (C=O) groups is 1. The number of aromatic amines is 1. The zero-order valence-corrected chi connectivity index (χ0v) is 13.2. The first kappa shape index (κ1) is 15.3. The predicted octanol–water partition coefficient (Wildman–Crippen LogP) is 4.30. The number of amides is 1. The molecule has 0 unspecified atom stereocenters. The summed E-state index contributed by atoms with van der Waals surface area (Å²) in [5, 5.41) is 10.3. The minimum absolute atomic E-state index is 0.00369. The van der Waals surface area contributed by atoms with E-state index in [9.17, 15) is 4.79 Å². The molecule has 0 spiro atoms. The number of aryl methyl sites for hydroxylation is 1. The highest BCUT2D eigenvalue weighted by Crippen LogP contribution is 2.20.